The molecule has 3 rings (SSSR count). The summed E-state index contributed by atoms with van der Waals surface area (Å²) < 4.78 is 0.374. The Labute approximate surface area is 184 Å². The maximum Gasteiger partial charge on any atom is 0.276 e. The van der Waals surface area contributed by atoms with Crippen molar-refractivity contribution < 1.29 is 9.72 Å². The van der Waals surface area contributed by atoms with Crippen molar-refractivity contribution in [3.63, 3.8) is 0 Å². The van der Waals surface area contributed by atoms with Gasteiger partial charge in [0.05, 0.1) is 21.8 Å². The molecule has 1 heterocycles. The van der Waals surface area contributed by atoms with Gasteiger partial charge in [0.2, 0.25) is 0 Å². The van der Waals surface area contributed by atoms with Crippen LogP contribution < -0.4 is 5.32 Å². The number of nitrogens with zero attached hydrogens (tertiary/aromatic N) is 3. The Kier molecular flexibility index (Phi) is 6.83. The van der Waals surface area contributed by atoms with Gasteiger partial charge in [-0.25, -0.2) is 9.97 Å². The lowest BCUT2D eigenvalue weighted by Crippen LogP contribution is -2.15. The first-order valence-corrected chi connectivity index (χ1v) is 10.5. The summed E-state index contributed by atoms with van der Waals surface area (Å²) in [5.41, 5.74) is 2.58. The molecule has 0 fully saturated rings. The van der Waals surface area contributed by atoms with Crippen LogP contribution in [0.5, 0.6) is 0 Å². The zero-order valence-electron chi connectivity index (χ0n) is 15.1. The molecule has 29 heavy (non-hydrogen) atoms. The molecular formula is C19H14BrClN4O3S. The zero-order chi connectivity index (χ0) is 21.0. The van der Waals surface area contributed by atoms with Crippen LogP contribution in [0.1, 0.15) is 21.6 Å². The van der Waals surface area contributed by atoms with Crippen molar-refractivity contribution in [2.45, 2.75) is 17.8 Å². The summed E-state index contributed by atoms with van der Waals surface area (Å²) >= 11 is 10.7. The van der Waals surface area contributed by atoms with Gasteiger partial charge in [0.25, 0.3) is 11.6 Å². The first-order valence-electron chi connectivity index (χ1n) is 8.29. The summed E-state index contributed by atoms with van der Waals surface area (Å²) in [5, 5.41) is 14.0. The quantitative estimate of drug-likeness (QED) is 0.206. The van der Waals surface area contributed by atoms with Crippen molar-refractivity contribution in [2.24, 2.45) is 0 Å². The SMILES string of the molecule is Cc1cccc(CSc2ncc(Cl)c(C(=O)Nc3ccc([N+](=O)[O-])cc3Br)n2)c1. The summed E-state index contributed by atoms with van der Waals surface area (Å²) in [6.45, 7) is 2.02. The fraction of sp³-hybridized carbons (Fsp3) is 0.105. The van der Waals surface area contributed by atoms with Gasteiger partial charge in [-0.1, -0.05) is 53.2 Å². The highest BCUT2D eigenvalue weighted by atomic mass is 79.9. The topological polar surface area (TPSA) is 98.0 Å². The van der Waals surface area contributed by atoms with E-state index in [1.54, 1.807) is 0 Å². The molecule has 0 saturated heterocycles. The van der Waals surface area contributed by atoms with Crippen molar-refractivity contribution in [1.82, 2.24) is 9.97 Å². The molecule has 0 aliphatic heterocycles. The predicted octanol–water partition coefficient (Wildman–Crippen LogP) is 5.65. The van der Waals surface area contributed by atoms with Gasteiger partial charge in [0.15, 0.2) is 10.9 Å². The van der Waals surface area contributed by atoms with E-state index >= 15 is 0 Å². The molecule has 148 valence electrons. The summed E-state index contributed by atoms with van der Waals surface area (Å²) in [5.74, 6) is 0.113. The molecule has 1 N–H and O–H groups in total. The highest BCUT2D eigenvalue weighted by Gasteiger charge is 2.17. The van der Waals surface area contributed by atoms with Crippen LogP contribution >= 0.6 is 39.3 Å². The van der Waals surface area contributed by atoms with Gasteiger partial charge in [0.1, 0.15) is 0 Å². The Morgan fingerprint density at radius 1 is 1.31 bits per heavy atom. The van der Waals surface area contributed by atoms with Gasteiger partial charge in [-0.2, -0.15) is 0 Å². The first kappa shape index (κ1) is 21.2. The van der Waals surface area contributed by atoms with E-state index in [4.69, 9.17) is 11.6 Å². The Morgan fingerprint density at radius 2 is 2.10 bits per heavy atom. The fourth-order valence-corrected chi connectivity index (χ4v) is 3.83. The number of anilines is 1. The lowest BCUT2D eigenvalue weighted by molar-refractivity contribution is -0.384. The molecule has 1 aromatic heterocycles. The van der Waals surface area contributed by atoms with Crippen LogP contribution in [0.3, 0.4) is 0 Å². The van der Waals surface area contributed by atoms with Crippen molar-refractivity contribution in [3.05, 3.63) is 85.1 Å². The largest absolute Gasteiger partial charge is 0.320 e. The number of thioether (sulfide) groups is 1. The van der Waals surface area contributed by atoms with E-state index in [0.717, 1.165) is 11.1 Å². The van der Waals surface area contributed by atoms with Crippen LogP contribution in [-0.2, 0) is 5.75 Å². The average molecular weight is 494 g/mol. The molecule has 0 unspecified atom stereocenters. The highest BCUT2D eigenvalue weighted by molar-refractivity contribution is 9.10. The van der Waals surface area contributed by atoms with Gasteiger partial charge in [-0.3, -0.25) is 14.9 Å². The maximum absolute atomic E-state index is 12.6. The fourth-order valence-electron chi connectivity index (χ4n) is 2.43. The Hall–Kier alpha value is -2.49. The van der Waals surface area contributed by atoms with E-state index in [-0.39, 0.29) is 16.4 Å². The summed E-state index contributed by atoms with van der Waals surface area (Å²) in [4.78, 5) is 31.4. The number of amides is 1. The third-order valence-electron chi connectivity index (χ3n) is 3.80. The Bertz CT molecular complexity index is 1100. The second-order valence-electron chi connectivity index (χ2n) is 6.00. The number of halogens is 2. The standard InChI is InChI=1S/C19H14BrClN4O3S/c1-11-3-2-4-12(7-11)10-29-19-22-9-15(21)17(24-19)18(26)23-16-6-5-13(25(27)28)8-14(16)20/h2-9H,10H2,1H3,(H,23,26). The third-order valence-corrected chi connectivity index (χ3v) is 5.66. The maximum atomic E-state index is 12.6. The van der Waals surface area contributed by atoms with E-state index in [2.05, 4.69) is 37.3 Å². The summed E-state index contributed by atoms with van der Waals surface area (Å²) in [7, 11) is 0. The number of nitrogens with one attached hydrogen (secondary N) is 1. The van der Waals surface area contributed by atoms with Gasteiger partial charge in [-0.15, -0.1) is 0 Å². The third kappa shape index (κ3) is 5.53. The zero-order valence-corrected chi connectivity index (χ0v) is 18.2. The van der Waals surface area contributed by atoms with Crippen LogP contribution in [0.15, 0.2) is 58.3 Å². The second kappa shape index (κ2) is 9.34. The smallest absolute Gasteiger partial charge is 0.276 e. The van der Waals surface area contributed by atoms with Crippen molar-refractivity contribution in [3.8, 4) is 0 Å². The van der Waals surface area contributed by atoms with Gasteiger partial charge < -0.3 is 5.32 Å². The van der Waals surface area contributed by atoms with Gasteiger partial charge in [-0.05, 0) is 34.5 Å². The highest BCUT2D eigenvalue weighted by Crippen LogP contribution is 2.28. The van der Waals surface area contributed by atoms with Crippen LogP contribution in [0.25, 0.3) is 0 Å². The molecule has 10 heteroatoms. The minimum atomic E-state index is -0.538. The summed E-state index contributed by atoms with van der Waals surface area (Å²) in [6, 6.07) is 12.1. The van der Waals surface area contributed by atoms with Gasteiger partial charge >= 0.3 is 0 Å². The van der Waals surface area contributed by atoms with Gasteiger partial charge in [0, 0.05) is 22.4 Å². The molecule has 0 atom stereocenters. The lowest BCUT2D eigenvalue weighted by Gasteiger charge is -2.09. The molecule has 1 amide bonds. The predicted molar refractivity (Wildman–Crippen MR) is 117 cm³/mol. The number of nitro benzene ring substituents is 1. The van der Waals surface area contributed by atoms with Crippen molar-refractivity contribution in [1.29, 1.82) is 0 Å². The average Bonchev–Trinajstić information content (AvgIpc) is 2.68. The molecule has 0 bridgehead atoms. The normalized spacial score (nSPS) is 10.6. The van der Waals surface area contributed by atoms with Crippen molar-refractivity contribution >= 4 is 56.6 Å². The van der Waals surface area contributed by atoms with E-state index in [1.807, 2.05) is 25.1 Å². The molecule has 0 aliphatic rings. The first-order chi connectivity index (χ1) is 13.8. The molecule has 0 spiro atoms. The number of hydrogen-bond acceptors (Lipinski definition) is 6. The molecule has 2 aromatic carbocycles. The van der Waals surface area contributed by atoms with Crippen LogP contribution in [0.4, 0.5) is 11.4 Å². The lowest BCUT2D eigenvalue weighted by atomic mass is 10.2. The van der Waals surface area contributed by atoms with E-state index in [9.17, 15) is 14.9 Å². The Balaban J connectivity index is 1.75. The molecule has 3 aromatic rings. The van der Waals surface area contributed by atoms with Crippen molar-refractivity contribution in [2.75, 3.05) is 5.32 Å². The number of carbonyl (C=O) groups excluding carboxylic acids is 1. The minimum absolute atomic E-state index is 0.0265. The number of benzene rings is 2. The van der Waals surface area contributed by atoms with E-state index in [1.165, 1.54) is 36.2 Å². The summed E-state index contributed by atoms with van der Waals surface area (Å²) in [6.07, 6.45) is 1.38. The number of nitro groups is 1. The number of hydrogen-bond donors (Lipinski definition) is 1. The molecular weight excluding hydrogens is 480 g/mol. The van der Waals surface area contributed by atoms with Crippen LogP contribution in [0.2, 0.25) is 5.02 Å². The number of aryl methyl sites for hydroxylation is 1. The monoisotopic (exact) mass is 492 g/mol. The number of rotatable bonds is 6. The number of non-ortho nitro benzene ring substituents is 1. The van der Waals surface area contributed by atoms with Crippen LogP contribution in [0, 0.1) is 17.0 Å². The second-order valence-corrected chi connectivity index (χ2v) is 8.21. The molecule has 0 radical (unpaired) electrons. The molecule has 0 saturated carbocycles. The number of carbonyl (C=O) groups is 1. The number of aromatic nitrogens is 2. The Morgan fingerprint density at radius 3 is 2.79 bits per heavy atom. The molecule has 7 nitrogen and oxygen atoms in total. The van der Waals surface area contributed by atoms with Crippen LogP contribution in [-0.4, -0.2) is 20.8 Å². The molecule has 0 aliphatic carbocycles. The van der Waals surface area contributed by atoms with E-state index < -0.39 is 10.8 Å². The van der Waals surface area contributed by atoms with E-state index in [0.29, 0.717) is 21.1 Å². The minimum Gasteiger partial charge on any atom is -0.320 e.